The molecule has 0 bridgehead atoms. The molecule has 0 aliphatic heterocycles. The van der Waals surface area contributed by atoms with Crippen molar-refractivity contribution in [3.63, 3.8) is 0 Å². The quantitative estimate of drug-likeness (QED) is 0.224. The molecule has 3 aromatic carbocycles. The summed E-state index contributed by atoms with van der Waals surface area (Å²) in [4.78, 5) is 35.3. The van der Waals surface area contributed by atoms with Crippen LogP contribution in [-0.4, -0.2) is 59.6 Å². The zero-order chi connectivity index (χ0) is 21.4. The number of fused-ring (bicyclic) bond motifs is 4. The van der Waals surface area contributed by atoms with E-state index in [0.717, 1.165) is 11.0 Å². The second-order valence-electron chi connectivity index (χ2n) is 7.09. The summed E-state index contributed by atoms with van der Waals surface area (Å²) < 4.78 is 4.96. The van der Waals surface area contributed by atoms with Crippen LogP contribution in [0.5, 0.6) is 0 Å². The third-order valence-electron chi connectivity index (χ3n) is 5.14. The van der Waals surface area contributed by atoms with Crippen LogP contribution in [0.2, 0.25) is 0 Å². The minimum atomic E-state index is -0.466. The lowest BCUT2D eigenvalue weighted by Gasteiger charge is -2.28. The summed E-state index contributed by atoms with van der Waals surface area (Å²) in [7, 11) is 4.97. The molecule has 0 radical (unpaired) electrons. The molecule has 1 amide bonds. The molecule has 0 fully saturated rings. The van der Waals surface area contributed by atoms with Crippen LogP contribution in [-0.2, 0) is 4.74 Å². The molecule has 7 heteroatoms. The number of ether oxygens (including phenoxy) is 1. The molecule has 0 unspecified atom stereocenters. The number of hydrogen-bond acceptors (Lipinski definition) is 6. The van der Waals surface area contributed by atoms with Crippen LogP contribution >= 0.6 is 0 Å². The largest absolute Gasteiger partial charge is 0.465 e. The lowest BCUT2D eigenvalue weighted by atomic mass is 9.97. The van der Waals surface area contributed by atoms with Gasteiger partial charge in [0.2, 0.25) is 0 Å². The Labute approximate surface area is 173 Å². The number of amides is 1. The smallest absolute Gasteiger partial charge is 0.338 e. The Bertz CT molecular complexity index is 1300. The van der Waals surface area contributed by atoms with Crippen molar-refractivity contribution < 1.29 is 14.3 Å². The maximum absolute atomic E-state index is 13.4. The third-order valence-corrected chi connectivity index (χ3v) is 5.14. The second kappa shape index (κ2) is 7.68. The van der Waals surface area contributed by atoms with E-state index in [1.54, 1.807) is 28.2 Å². The van der Waals surface area contributed by atoms with Gasteiger partial charge >= 0.3 is 5.97 Å². The number of carbonyl (C=O) groups excluding carboxylic acids is 2. The van der Waals surface area contributed by atoms with Crippen molar-refractivity contribution in [1.82, 2.24) is 20.0 Å². The summed E-state index contributed by atoms with van der Waals surface area (Å²) in [5.74, 6) is -0.640. The first kappa shape index (κ1) is 19.7. The van der Waals surface area contributed by atoms with E-state index in [9.17, 15) is 9.59 Å². The van der Waals surface area contributed by atoms with Crippen LogP contribution in [0.3, 0.4) is 0 Å². The number of hydrazine groups is 1. The van der Waals surface area contributed by atoms with Crippen molar-refractivity contribution in [2.75, 3.05) is 27.7 Å². The SMILES string of the molecule is CCN(C(=O)c1ccc(C(=O)OC)c2ccc3nc4ccccc4nc3c12)N(C)C. The van der Waals surface area contributed by atoms with Crippen LogP contribution < -0.4 is 0 Å². The van der Waals surface area contributed by atoms with Crippen molar-refractivity contribution in [1.29, 1.82) is 0 Å². The Balaban J connectivity index is 2.13. The first-order valence-corrected chi connectivity index (χ1v) is 9.66. The normalized spacial score (nSPS) is 11.4. The van der Waals surface area contributed by atoms with E-state index in [-0.39, 0.29) is 5.91 Å². The monoisotopic (exact) mass is 402 g/mol. The van der Waals surface area contributed by atoms with Crippen LogP contribution in [0.1, 0.15) is 27.6 Å². The molecule has 1 heterocycles. The van der Waals surface area contributed by atoms with E-state index < -0.39 is 5.97 Å². The van der Waals surface area contributed by atoms with E-state index in [0.29, 0.717) is 39.5 Å². The van der Waals surface area contributed by atoms with Crippen LogP contribution in [0, 0.1) is 0 Å². The molecule has 0 aliphatic carbocycles. The first-order chi connectivity index (χ1) is 14.5. The van der Waals surface area contributed by atoms with E-state index in [2.05, 4.69) is 0 Å². The Hall–Kier alpha value is -3.58. The molecule has 30 heavy (non-hydrogen) atoms. The summed E-state index contributed by atoms with van der Waals surface area (Å²) in [6.45, 7) is 2.42. The minimum Gasteiger partial charge on any atom is -0.465 e. The summed E-state index contributed by atoms with van der Waals surface area (Å²) in [6.07, 6.45) is 0. The van der Waals surface area contributed by atoms with Crippen molar-refractivity contribution in [3.8, 4) is 0 Å². The fourth-order valence-electron chi connectivity index (χ4n) is 3.74. The lowest BCUT2D eigenvalue weighted by Crippen LogP contribution is -2.41. The molecule has 0 aliphatic rings. The predicted molar refractivity (Wildman–Crippen MR) is 116 cm³/mol. The molecular weight excluding hydrogens is 380 g/mol. The van der Waals surface area contributed by atoms with Gasteiger partial charge in [-0.1, -0.05) is 18.2 Å². The number of para-hydroxylation sites is 2. The van der Waals surface area contributed by atoms with E-state index in [1.807, 2.05) is 51.4 Å². The highest BCUT2D eigenvalue weighted by molar-refractivity contribution is 6.20. The van der Waals surface area contributed by atoms with Gasteiger partial charge in [0, 0.05) is 26.0 Å². The van der Waals surface area contributed by atoms with Crippen LogP contribution in [0.15, 0.2) is 48.5 Å². The number of nitrogens with zero attached hydrogens (tertiary/aromatic N) is 4. The average Bonchev–Trinajstić information content (AvgIpc) is 2.76. The van der Waals surface area contributed by atoms with Gasteiger partial charge < -0.3 is 4.74 Å². The summed E-state index contributed by atoms with van der Waals surface area (Å²) in [5.41, 5.74) is 3.57. The molecule has 152 valence electrons. The van der Waals surface area contributed by atoms with Gasteiger partial charge in [-0.2, -0.15) is 0 Å². The zero-order valence-corrected chi connectivity index (χ0v) is 17.3. The van der Waals surface area contributed by atoms with Crippen molar-refractivity contribution in [2.24, 2.45) is 0 Å². The number of esters is 1. The highest BCUT2D eigenvalue weighted by Crippen LogP contribution is 2.31. The number of benzene rings is 3. The molecule has 0 spiro atoms. The maximum Gasteiger partial charge on any atom is 0.338 e. The predicted octanol–water partition coefficient (Wildman–Crippen LogP) is 3.66. The molecule has 4 aromatic rings. The first-order valence-electron chi connectivity index (χ1n) is 9.66. The topological polar surface area (TPSA) is 75.6 Å². The number of methoxy groups -OCH3 is 1. The van der Waals surface area contributed by atoms with Crippen LogP contribution in [0.25, 0.3) is 32.8 Å². The van der Waals surface area contributed by atoms with Gasteiger partial charge in [0.05, 0.1) is 40.3 Å². The summed E-state index contributed by atoms with van der Waals surface area (Å²) in [6, 6.07) is 14.5. The van der Waals surface area contributed by atoms with Gasteiger partial charge in [0.15, 0.2) is 0 Å². The maximum atomic E-state index is 13.4. The second-order valence-corrected chi connectivity index (χ2v) is 7.09. The lowest BCUT2D eigenvalue weighted by molar-refractivity contribution is 0.0232. The van der Waals surface area contributed by atoms with Crippen molar-refractivity contribution in [2.45, 2.75) is 6.92 Å². The fraction of sp³-hybridized carbons (Fsp3) is 0.217. The van der Waals surface area contributed by atoms with Crippen molar-refractivity contribution >= 4 is 44.7 Å². The molecule has 0 saturated carbocycles. The third kappa shape index (κ3) is 3.13. The van der Waals surface area contributed by atoms with Gasteiger partial charge in [0.25, 0.3) is 5.91 Å². The Morgan fingerprint density at radius 3 is 2.20 bits per heavy atom. The van der Waals surface area contributed by atoms with E-state index in [4.69, 9.17) is 14.7 Å². The Kier molecular flexibility index (Phi) is 5.05. The number of rotatable bonds is 4. The number of aromatic nitrogens is 2. The number of hydrogen-bond donors (Lipinski definition) is 0. The fourth-order valence-corrected chi connectivity index (χ4v) is 3.74. The van der Waals surface area contributed by atoms with Gasteiger partial charge in [-0.05, 0) is 42.6 Å². The highest BCUT2D eigenvalue weighted by Gasteiger charge is 2.23. The van der Waals surface area contributed by atoms with Crippen molar-refractivity contribution in [3.05, 3.63) is 59.7 Å². The molecule has 7 nitrogen and oxygen atoms in total. The molecule has 0 atom stereocenters. The Morgan fingerprint density at radius 1 is 0.900 bits per heavy atom. The van der Waals surface area contributed by atoms with Crippen LogP contribution in [0.4, 0.5) is 0 Å². The van der Waals surface area contributed by atoms with E-state index in [1.165, 1.54) is 7.11 Å². The minimum absolute atomic E-state index is 0.175. The van der Waals surface area contributed by atoms with Gasteiger partial charge in [-0.15, -0.1) is 0 Å². The van der Waals surface area contributed by atoms with Gasteiger partial charge in [-0.3, -0.25) is 9.80 Å². The average molecular weight is 402 g/mol. The van der Waals surface area contributed by atoms with Gasteiger partial charge in [0.1, 0.15) is 0 Å². The molecule has 4 rings (SSSR count). The van der Waals surface area contributed by atoms with Gasteiger partial charge in [-0.25, -0.2) is 19.8 Å². The number of carbonyl (C=O) groups is 2. The zero-order valence-electron chi connectivity index (χ0n) is 17.3. The molecule has 0 saturated heterocycles. The molecule has 0 N–H and O–H groups in total. The summed E-state index contributed by atoms with van der Waals surface area (Å²) >= 11 is 0. The van der Waals surface area contributed by atoms with E-state index >= 15 is 0 Å². The standard InChI is InChI=1S/C23H22N4O3/c1-5-27(26(2)3)22(28)16-11-10-15(23(29)30-4)14-12-13-19-21(20(14)16)25-18-9-7-6-8-17(18)24-19/h6-13H,5H2,1-4H3. The molecular formula is C23H22N4O3. The molecule has 1 aromatic heterocycles. The summed E-state index contributed by atoms with van der Waals surface area (Å²) in [5, 5.41) is 4.58. The highest BCUT2D eigenvalue weighted by atomic mass is 16.5. The Morgan fingerprint density at radius 2 is 1.57 bits per heavy atom.